The Balaban J connectivity index is 0.00000543. The van der Waals surface area contributed by atoms with E-state index in [0.29, 0.717) is 25.7 Å². The van der Waals surface area contributed by atoms with E-state index in [1.807, 2.05) is 29.1 Å². The van der Waals surface area contributed by atoms with E-state index < -0.39 is 20.9 Å². The molecule has 4 fully saturated rings. The molecule has 13 rings (SSSR count). The molecule has 3 aromatic heterocycles. The van der Waals surface area contributed by atoms with Crippen molar-refractivity contribution in [1.29, 1.82) is 0 Å². The Labute approximate surface area is 484 Å². The van der Waals surface area contributed by atoms with Crippen molar-refractivity contribution in [3.05, 3.63) is 166 Å². The van der Waals surface area contributed by atoms with Crippen molar-refractivity contribution in [1.82, 2.24) is 19.9 Å². The monoisotopic (exact) mass is 937 g/mol. The van der Waals surface area contributed by atoms with Crippen molar-refractivity contribution in [2.75, 3.05) is 0 Å². The van der Waals surface area contributed by atoms with Gasteiger partial charge in [0.05, 0.1) is 115 Å². The molecular weight excluding hydrogens is 897 g/mol. The first-order chi connectivity index (χ1) is 34.6. The van der Waals surface area contributed by atoms with Crippen molar-refractivity contribution in [2.24, 2.45) is 0 Å². The summed E-state index contributed by atoms with van der Waals surface area (Å²) in [4.78, 5) is 18.9. The molecule has 17 heteroatoms. The zero-order valence-electron chi connectivity index (χ0n) is 40.8. The third-order valence-corrected chi connectivity index (χ3v) is 15.7. The summed E-state index contributed by atoms with van der Waals surface area (Å²) < 4.78 is 0. The van der Waals surface area contributed by atoms with Crippen molar-refractivity contribution in [2.45, 2.75) is 69.4 Å². The quantitative estimate of drug-likeness (QED) is 0.144. The first-order valence-electron chi connectivity index (χ1n) is 24.8. The third kappa shape index (κ3) is 9.53. The number of aromatic nitrogens is 4. The fourth-order valence-electron chi connectivity index (χ4n) is 11.0. The van der Waals surface area contributed by atoms with Gasteiger partial charge in [0.25, 0.3) is 0 Å². The molecule has 4 nitrogen and oxygen atoms in total. The van der Waals surface area contributed by atoms with Crippen LogP contribution in [0.5, 0.6) is 0 Å². The van der Waals surface area contributed by atoms with Crippen LogP contribution in [0.1, 0.15) is 45.0 Å². The predicted molar refractivity (Wildman–Crippen MR) is 310 cm³/mol. The minimum Gasteiger partial charge on any atom is -0.354 e. The fourth-order valence-corrected chi connectivity index (χ4v) is 11.0. The Morgan fingerprint density at radius 3 is 0.904 bits per heavy atom. The van der Waals surface area contributed by atoms with Gasteiger partial charge in [-0.05, 0) is 119 Å². The van der Waals surface area contributed by atoms with Gasteiger partial charge in [-0.1, -0.05) is 118 Å². The molecule has 0 amide bonds. The minimum atomic E-state index is -0.545. The standard InChI is InChI=1S/C56H38B12N4.K/c57-49-53(61,65-49)25-29-5-1-9-33(21-29)45-37-13-15-39(69-37)46(34-10-2-6-30(22-34)26-54(62)50(58)66-54)41-17-19-43(71-41)48(36-12-4-8-32(24-36)28-56(64)52(60)68-56)44-20-18-42(72-44)47(40-16-14-38(45)70-40)35-11-3-7-31(23-35)27-55(63)51(59)67-55;/h1-24,49-52,69-70H,25-28H2;/q;+1. The molecule has 2 N–H and O–H groups in total. The zero-order chi connectivity index (χ0) is 49.3. The van der Waals surface area contributed by atoms with Crippen molar-refractivity contribution >= 4 is 138 Å². The van der Waals surface area contributed by atoms with Gasteiger partial charge in [0.1, 0.15) is 0 Å². The van der Waals surface area contributed by atoms with E-state index in [1.54, 1.807) is 0 Å². The fraction of sp³-hybridized carbons (Fsp3) is 0.214. The van der Waals surface area contributed by atoms with Crippen molar-refractivity contribution < 1.29 is 51.4 Å². The van der Waals surface area contributed by atoms with E-state index in [1.165, 1.54) is 0 Å². The Kier molecular flexibility index (Phi) is 12.7. The molecule has 0 saturated carbocycles. The van der Waals surface area contributed by atoms with Gasteiger partial charge in [-0.2, -0.15) is 0 Å². The van der Waals surface area contributed by atoms with Crippen LogP contribution in [0.25, 0.3) is 90.9 Å². The summed E-state index contributed by atoms with van der Waals surface area (Å²) in [7, 11) is 59.9. The average Bonchev–Trinajstić information content (AvgIpc) is 4.05. The summed E-state index contributed by atoms with van der Waals surface area (Å²) in [6.07, 6.45) is 10.9. The van der Waals surface area contributed by atoms with Crippen LogP contribution in [0, 0.1) is 0 Å². The van der Waals surface area contributed by atoms with Crippen molar-refractivity contribution in [3.8, 4) is 44.5 Å². The third-order valence-electron chi connectivity index (χ3n) is 15.7. The molecule has 8 atom stereocenters. The topological polar surface area (TPSA) is 57.4 Å². The first kappa shape index (κ1) is 49.8. The van der Waals surface area contributed by atoms with Crippen LogP contribution in [0.3, 0.4) is 0 Å². The largest absolute Gasteiger partial charge is 1.00 e. The average molecular weight is 936 g/mol. The van der Waals surface area contributed by atoms with Crippen LogP contribution in [0.4, 0.5) is 0 Å². The zero-order valence-corrected chi connectivity index (χ0v) is 43.9. The number of nitrogens with zero attached hydrogens (tertiary/aromatic N) is 2. The SMILES string of the molecule is [B]C1[B]C1([B])Cc1cccc(-c2c3nc(c(-c4cccc(CC5([B])[B]C5[B])c4)c4ccc([nH]4)c(-c4cccc(CC5([B])[B]C5[B])c4)c4ccc([nH]4)c(-c4cccc(CC5([B])[B]C5[B])c4)c4nc2C=C4)C=C3)c1.[K+]. The predicted octanol–water partition coefficient (Wildman–Crippen LogP) is 6.17. The minimum absolute atomic E-state index is 0. The van der Waals surface area contributed by atoms with E-state index in [0.717, 1.165) is 112 Å². The van der Waals surface area contributed by atoms with Gasteiger partial charge in [0.2, 0.25) is 0 Å². The van der Waals surface area contributed by atoms with E-state index in [9.17, 15) is 0 Å². The first-order valence-corrected chi connectivity index (χ1v) is 24.8. The summed E-state index contributed by atoms with van der Waals surface area (Å²) >= 11 is 0. The van der Waals surface area contributed by atoms with E-state index in [2.05, 4.69) is 156 Å². The molecule has 0 aliphatic carbocycles. The molecule has 4 aromatic carbocycles. The Morgan fingerprint density at radius 1 is 0.370 bits per heavy atom. The molecule has 6 aliphatic rings. The molecule has 318 valence electrons. The number of hydrogen-bond donors (Lipinski definition) is 2. The van der Waals surface area contributed by atoms with Crippen molar-refractivity contribution in [3.63, 3.8) is 0 Å². The van der Waals surface area contributed by atoms with Gasteiger partial charge < -0.3 is 9.97 Å². The molecule has 0 spiro atoms. The molecule has 6 aliphatic heterocycles. The molecule has 8 unspecified atom stereocenters. The molecule has 9 heterocycles. The number of fused-ring (bicyclic) bond motifs is 8. The maximum absolute atomic E-state index is 6.69. The molecule has 4 saturated heterocycles. The Hall–Kier alpha value is -4.10. The smallest absolute Gasteiger partial charge is 0.354 e. The van der Waals surface area contributed by atoms with Crippen LogP contribution >= 0.6 is 0 Å². The second-order valence-corrected chi connectivity index (χ2v) is 21.2. The van der Waals surface area contributed by atoms with Crippen LogP contribution in [-0.4, -0.2) is 112 Å². The van der Waals surface area contributed by atoms with E-state index in [-0.39, 0.29) is 74.3 Å². The molecule has 20 radical (unpaired) electrons. The molecule has 8 bridgehead atoms. The van der Waals surface area contributed by atoms with Crippen LogP contribution in [0.2, 0.25) is 43.7 Å². The van der Waals surface area contributed by atoms with Gasteiger partial charge in [0, 0.05) is 44.3 Å². The van der Waals surface area contributed by atoms with Crippen LogP contribution in [-0.2, 0) is 25.7 Å². The van der Waals surface area contributed by atoms with Crippen LogP contribution in [0.15, 0.2) is 121 Å². The van der Waals surface area contributed by atoms with Gasteiger partial charge >= 0.3 is 51.4 Å². The van der Waals surface area contributed by atoms with Gasteiger partial charge in [-0.15, -0.1) is 22.9 Å². The molecule has 7 aromatic rings. The number of aromatic amines is 2. The van der Waals surface area contributed by atoms with Gasteiger partial charge in [0.15, 0.2) is 0 Å². The number of rotatable bonds is 12. The summed E-state index contributed by atoms with van der Waals surface area (Å²) in [5.74, 6) is 0. The van der Waals surface area contributed by atoms with Crippen LogP contribution < -0.4 is 51.4 Å². The van der Waals surface area contributed by atoms with E-state index >= 15 is 0 Å². The normalized spacial score (nSPS) is 26.6. The second kappa shape index (κ2) is 18.6. The summed E-state index contributed by atoms with van der Waals surface area (Å²) in [6, 6.07) is 42.8. The molecular formula is C56H38B12KN4+. The Bertz CT molecular complexity index is 3490. The number of benzene rings is 4. The maximum Gasteiger partial charge on any atom is 1.00 e. The summed E-state index contributed by atoms with van der Waals surface area (Å²) in [6.45, 7) is 0. The second-order valence-electron chi connectivity index (χ2n) is 21.2. The summed E-state index contributed by atoms with van der Waals surface area (Å²) in [5.41, 5.74) is 18.3. The van der Waals surface area contributed by atoms with E-state index in [4.69, 9.17) is 72.7 Å². The maximum atomic E-state index is 6.69. The van der Waals surface area contributed by atoms with Gasteiger partial charge in [-0.3, -0.25) is 0 Å². The molecule has 73 heavy (non-hydrogen) atoms. The number of H-pyrrole nitrogens is 2. The number of hydrogen-bond acceptors (Lipinski definition) is 2. The number of nitrogens with one attached hydrogen (secondary N) is 2. The van der Waals surface area contributed by atoms with Gasteiger partial charge in [-0.25, -0.2) is 9.97 Å². The Morgan fingerprint density at radius 2 is 0.616 bits per heavy atom. The summed E-state index contributed by atoms with van der Waals surface area (Å²) in [5, 5.41) is -2.16.